The van der Waals surface area contributed by atoms with Crippen LogP contribution in [0.25, 0.3) is 0 Å². The smallest absolute Gasteiger partial charge is 0.347 e. The molecule has 0 fully saturated rings. The third-order valence-corrected chi connectivity index (χ3v) is 6.16. The molecule has 0 spiro atoms. The van der Waals surface area contributed by atoms with Gasteiger partial charge < -0.3 is 25.8 Å². The number of hydrogen-bond donors (Lipinski definition) is 4. The third-order valence-electron chi connectivity index (χ3n) is 4.74. The first-order chi connectivity index (χ1) is 18.0. The summed E-state index contributed by atoms with van der Waals surface area (Å²) in [6.07, 6.45) is -0.151. The fourth-order valence-corrected chi connectivity index (χ4v) is 4.26. The van der Waals surface area contributed by atoms with Crippen molar-refractivity contribution in [3.8, 4) is 11.5 Å². The van der Waals surface area contributed by atoms with Gasteiger partial charge in [-0.2, -0.15) is 12.6 Å². The maximum absolute atomic E-state index is 13.0. The van der Waals surface area contributed by atoms with E-state index in [0.717, 1.165) is 11.8 Å². The van der Waals surface area contributed by atoms with Crippen LogP contribution >= 0.6 is 24.4 Å². The van der Waals surface area contributed by atoms with Gasteiger partial charge >= 0.3 is 11.9 Å². The number of rotatable bonds is 12. The molecule has 3 amide bonds. The highest BCUT2D eigenvalue weighted by atomic mass is 32.2. The molecule has 13 heteroatoms. The van der Waals surface area contributed by atoms with Gasteiger partial charge in [0.25, 0.3) is 0 Å². The van der Waals surface area contributed by atoms with Crippen LogP contribution in [0.1, 0.15) is 41.0 Å². The zero-order valence-corrected chi connectivity index (χ0v) is 22.3. The van der Waals surface area contributed by atoms with Gasteiger partial charge in [0.15, 0.2) is 0 Å². The van der Waals surface area contributed by atoms with Crippen molar-refractivity contribution in [3.05, 3.63) is 59.7 Å². The summed E-state index contributed by atoms with van der Waals surface area (Å²) in [6, 6.07) is 10.2. The number of nitrogens with one attached hydrogen (secondary N) is 2. The van der Waals surface area contributed by atoms with Gasteiger partial charge in [-0.3, -0.25) is 19.2 Å². The number of hydrogen-bond acceptors (Lipinski definition) is 10. The second-order valence-electron chi connectivity index (χ2n) is 7.90. The van der Waals surface area contributed by atoms with Gasteiger partial charge in [0.2, 0.25) is 22.8 Å². The van der Waals surface area contributed by atoms with E-state index in [-0.39, 0.29) is 46.5 Å². The third kappa shape index (κ3) is 9.56. The van der Waals surface area contributed by atoms with E-state index in [4.69, 9.17) is 15.2 Å². The molecule has 0 heterocycles. The Bertz CT molecular complexity index is 1200. The van der Waals surface area contributed by atoms with Gasteiger partial charge in [-0.15, -0.1) is 0 Å². The Morgan fingerprint density at radius 2 is 1.42 bits per heavy atom. The molecule has 0 bridgehead atoms. The quantitative estimate of drug-likeness (QED) is 0.170. The van der Waals surface area contributed by atoms with E-state index in [1.807, 2.05) is 0 Å². The molecule has 0 aliphatic heterocycles. The number of thioether (sulfide) groups is 1. The number of benzene rings is 2. The Hall–Kier alpha value is -3.84. The van der Waals surface area contributed by atoms with E-state index in [9.17, 15) is 28.8 Å². The molecule has 11 nitrogen and oxygen atoms in total. The van der Waals surface area contributed by atoms with E-state index in [0.29, 0.717) is 0 Å². The van der Waals surface area contributed by atoms with Crippen molar-refractivity contribution in [3.63, 3.8) is 0 Å². The van der Waals surface area contributed by atoms with Gasteiger partial charge in [0.1, 0.15) is 23.1 Å². The SMILES string of the molecule is CC(=O)NC(CSC(=O)c1ccccc1OC(=O)c1ccccc1OC(=O)C(CS)NC(C)=O)CC(N)=O. The monoisotopic (exact) mass is 561 g/mol. The molecule has 38 heavy (non-hydrogen) atoms. The Morgan fingerprint density at radius 1 is 0.868 bits per heavy atom. The molecular weight excluding hydrogens is 534 g/mol. The molecule has 0 aromatic heterocycles. The predicted octanol–water partition coefficient (Wildman–Crippen LogP) is 1.50. The number of thiol groups is 1. The van der Waals surface area contributed by atoms with Crippen LogP contribution in [0.3, 0.4) is 0 Å². The van der Waals surface area contributed by atoms with Crippen LogP contribution in [0.5, 0.6) is 11.5 Å². The van der Waals surface area contributed by atoms with Crippen molar-refractivity contribution < 1.29 is 38.2 Å². The predicted molar refractivity (Wildman–Crippen MR) is 143 cm³/mol. The lowest BCUT2D eigenvalue weighted by Crippen LogP contribution is -2.43. The summed E-state index contributed by atoms with van der Waals surface area (Å²) in [5, 5.41) is 4.49. The second kappa shape index (κ2) is 14.8. The first kappa shape index (κ1) is 30.4. The molecule has 0 radical (unpaired) electrons. The molecule has 2 rings (SSSR count). The summed E-state index contributed by atoms with van der Waals surface area (Å²) in [7, 11) is 0. The molecule has 2 aromatic rings. The standard InChI is InChI=1S/C25H27N3O8S2/c1-14(29)27-16(11-22(26)31)13-38-25(34)18-8-4-6-10-21(18)35-23(32)17-7-3-5-9-20(17)36-24(33)19(12-37)28-15(2)30/h3-10,16,19,37H,11-13H2,1-2H3,(H2,26,31)(H,27,29)(H,28,30). The molecule has 4 N–H and O–H groups in total. The maximum atomic E-state index is 13.0. The van der Waals surface area contributed by atoms with E-state index >= 15 is 0 Å². The Kier molecular flexibility index (Phi) is 11.8. The second-order valence-corrected chi connectivity index (χ2v) is 9.26. The molecule has 202 valence electrons. The van der Waals surface area contributed by atoms with E-state index in [1.54, 1.807) is 18.2 Å². The first-order valence-electron chi connectivity index (χ1n) is 11.2. The van der Waals surface area contributed by atoms with Gasteiger partial charge in [-0.25, -0.2) is 9.59 Å². The summed E-state index contributed by atoms with van der Waals surface area (Å²) in [6.45, 7) is 2.52. The number of esters is 2. The van der Waals surface area contributed by atoms with Crippen molar-refractivity contribution in [1.82, 2.24) is 10.6 Å². The van der Waals surface area contributed by atoms with Crippen molar-refractivity contribution in [2.75, 3.05) is 11.5 Å². The molecule has 0 saturated carbocycles. The van der Waals surface area contributed by atoms with Crippen LogP contribution in [0.2, 0.25) is 0 Å². The minimum Gasteiger partial charge on any atom is -0.424 e. The van der Waals surface area contributed by atoms with Crippen LogP contribution in [0.4, 0.5) is 0 Å². The molecule has 0 aliphatic rings. The highest BCUT2D eigenvalue weighted by Gasteiger charge is 2.25. The van der Waals surface area contributed by atoms with Gasteiger partial charge in [-0.1, -0.05) is 36.0 Å². The highest BCUT2D eigenvalue weighted by molar-refractivity contribution is 8.14. The van der Waals surface area contributed by atoms with E-state index in [1.165, 1.54) is 44.2 Å². The average Bonchev–Trinajstić information content (AvgIpc) is 2.85. The number of carbonyl (C=O) groups excluding carboxylic acids is 6. The topological polar surface area (TPSA) is 171 Å². The lowest BCUT2D eigenvalue weighted by molar-refractivity contribution is -0.138. The van der Waals surface area contributed by atoms with Crippen molar-refractivity contribution in [2.24, 2.45) is 5.73 Å². The first-order valence-corrected chi connectivity index (χ1v) is 12.9. The maximum Gasteiger partial charge on any atom is 0.347 e. The van der Waals surface area contributed by atoms with Gasteiger partial charge in [0, 0.05) is 37.8 Å². The van der Waals surface area contributed by atoms with Crippen LogP contribution in [0.15, 0.2) is 48.5 Å². The fourth-order valence-electron chi connectivity index (χ4n) is 3.14. The molecule has 0 aliphatic carbocycles. The lowest BCUT2D eigenvalue weighted by Gasteiger charge is -2.16. The molecule has 2 atom stereocenters. The number of para-hydroxylation sites is 2. The summed E-state index contributed by atoms with van der Waals surface area (Å²) >= 11 is 4.85. The lowest BCUT2D eigenvalue weighted by atomic mass is 10.2. The molecule has 0 saturated heterocycles. The van der Waals surface area contributed by atoms with Crippen molar-refractivity contribution >= 4 is 59.2 Å². The number of ether oxygens (including phenoxy) is 2. The fraction of sp³-hybridized carbons (Fsp3) is 0.280. The number of nitrogens with two attached hydrogens (primary N) is 1. The Balaban J connectivity index is 2.18. The number of primary amides is 1. The van der Waals surface area contributed by atoms with Gasteiger partial charge in [0.05, 0.1) is 5.56 Å². The normalized spacial score (nSPS) is 12.0. The Labute approximate surface area is 228 Å². The molecule has 2 unspecified atom stereocenters. The van der Waals surface area contributed by atoms with Crippen molar-refractivity contribution in [1.29, 1.82) is 0 Å². The van der Waals surface area contributed by atoms with Crippen LogP contribution in [0, 0.1) is 0 Å². The zero-order valence-electron chi connectivity index (χ0n) is 20.6. The van der Waals surface area contributed by atoms with Crippen molar-refractivity contribution in [2.45, 2.75) is 32.4 Å². The number of carbonyl (C=O) groups is 6. The summed E-state index contributed by atoms with van der Waals surface area (Å²) in [4.78, 5) is 72.4. The summed E-state index contributed by atoms with van der Waals surface area (Å²) in [5.74, 6) is -3.32. The van der Waals surface area contributed by atoms with E-state index in [2.05, 4.69) is 23.3 Å². The minimum absolute atomic E-state index is 0.0274. The van der Waals surface area contributed by atoms with E-state index < -0.39 is 41.0 Å². The Morgan fingerprint density at radius 3 is 1.97 bits per heavy atom. The van der Waals surface area contributed by atoms with Crippen LogP contribution in [-0.4, -0.2) is 58.4 Å². The molecular formula is C25H27N3O8S2. The minimum atomic E-state index is -1.04. The number of amides is 3. The van der Waals surface area contributed by atoms with Gasteiger partial charge in [-0.05, 0) is 24.3 Å². The molecule has 2 aromatic carbocycles. The summed E-state index contributed by atoms with van der Waals surface area (Å²) < 4.78 is 10.8. The highest BCUT2D eigenvalue weighted by Crippen LogP contribution is 2.27. The zero-order chi connectivity index (χ0) is 28.2. The van der Waals surface area contributed by atoms with Crippen LogP contribution in [-0.2, 0) is 19.2 Å². The summed E-state index contributed by atoms with van der Waals surface area (Å²) in [5.41, 5.74) is 5.19. The average molecular weight is 562 g/mol. The largest absolute Gasteiger partial charge is 0.424 e. The van der Waals surface area contributed by atoms with Crippen LogP contribution < -0.4 is 25.8 Å².